The summed E-state index contributed by atoms with van der Waals surface area (Å²) in [4.78, 5) is 18.6. The molecule has 10 heteroatoms. The quantitative estimate of drug-likeness (QED) is 0.646. The number of amides is 1. The van der Waals surface area contributed by atoms with Crippen LogP contribution in [-0.2, 0) is 14.6 Å². The lowest BCUT2D eigenvalue weighted by atomic mass is 10.2. The van der Waals surface area contributed by atoms with E-state index < -0.39 is 15.7 Å². The normalized spacial score (nSPS) is 22.9. The molecule has 0 N–H and O–H groups in total. The number of amidine groups is 1. The zero-order valence-electron chi connectivity index (χ0n) is 17.1. The first-order valence-corrected chi connectivity index (χ1v) is 12.3. The average molecular weight is 463 g/mol. The molecule has 2 atom stereocenters. The number of methoxy groups -OCH3 is 2. The number of aliphatic imine (C=N–C) groups is 1. The Kier molecular flexibility index (Phi) is 6.10. The summed E-state index contributed by atoms with van der Waals surface area (Å²) in [7, 11) is -0.0960. The number of thioether (sulfide) groups is 1. The molecule has 4 rings (SSSR count). The Morgan fingerprint density at radius 1 is 1.10 bits per heavy atom. The van der Waals surface area contributed by atoms with E-state index in [2.05, 4.69) is 4.99 Å². The highest BCUT2D eigenvalue weighted by molar-refractivity contribution is 8.16. The minimum absolute atomic E-state index is 0.0151. The molecular formula is C21H22N2O6S2. The van der Waals surface area contributed by atoms with Gasteiger partial charge in [0.1, 0.15) is 17.2 Å². The highest BCUT2D eigenvalue weighted by Gasteiger charge is 2.50. The summed E-state index contributed by atoms with van der Waals surface area (Å²) in [6.45, 7) is -0.217. The van der Waals surface area contributed by atoms with Crippen molar-refractivity contribution in [3.05, 3.63) is 48.5 Å². The fourth-order valence-electron chi connectivity index (χ4n) is 3.63. The second-order valence-corrected chi connectivity index (χ2v) is 10.5. The van der Waals surface area contributed by atoms with Crippen molar-refractivity contribution in [2.45, 2.75) is 11.3 Å². The molecule has 31 heavy (non-hydrogen) atoms. The largest absolute Gasteiger partial charge is 0.497 e. The molecule has 2 aliphatic rings. The summed E-state index contributed by atoms with van der Waals surface area (Å²) in [6, 6.07) is 13.9. The van der Waals surface area contributed by atoms with Gasteiger partial charge in [-0.05, 0) is 24.3 Å². The standard InChI is InChI=1S/C21H22N2O6S2/c1-27-15-8-9-18(28-2)16(10-15)23-17-12-31(25,26)13-19(17)30-21(23)22-20(24)11-29-14-6-4-3-5-7-14/h3-10,17,19H,11-13H2,1-2H3/t17-,19-/m1/s1. The van der Waals surface area contributed by atoms with Gasteiger partial charge in [-0.1, -0.05) is 30.0 Å². The zero-order chi connectivity index (χ0) is 22.0. The first kappa shape index (κ1) is 21.5. The van der Waals surface area contributed by atoms with Gasteiger partial charge in [0.2, 0.25) is 0 Å². The van der Waals surface area contributed by atoms with Crippen LogP contribution in [0.3, 0.4) is 0 Å². The van der Waals surface area contributed by atoms with Crippen molar-refractivity contribution in [2.24, 2.45) is 4.99 Å². The van der Waals surface area contributed by atoms with E-state index in [1.807, 2.05) is 18.2 Å². The maximum absolute atomic E-state index is 12.5. The minimum atomic E-state index is -3.18. The Morgan fingerprint density at radius 3 is 2.58 bits per heavy atom. The van der Waals surface area contributed by atoms with Gasteiger partial charge in [0, 0.05) is 11.3 Å². The highest BCUT2D eigenvalue weighted by Crippen LogP contribution is 2.44. The lowest BCUT2D eigenvalue weighted by Gasteiger charge is -2.26. The molecule has 0 aromatic heterocycles. The molecule has 2 fully saturated rings. The Morgan fingerprint density at radius 2 is 1.87 bits per heavy atom. The molecule has 0 unspecified atom stereocenters. The summed E-state index contributed by atoms with van der Waals surface area (Å²) < 4.78 is 40.9. The molecule has 2 aliphatic heterocycles. The van der Waals surface area contributed by atoms with Gasteiger partial charge >= 0.3 is 0 Å². The van der Waals surface area contributed by atoms with Gasteiger partial charge in [0.15, 0.2) is 21.6 Å². The van der Waals surface area contributed by atoms with Crippen molar-refractivity contribution < 1.29 is 27.4 Å². The van der Waals surface area contributed by atoms with Gasteiger partial charge in [0.05, 0.1) is 37.5 Å². The van der Waals surface area contributed by atoms with Crippen LogP contribution >= 0.6 is 11.8 Å². The van der Waals surface area contributed by atoms with Crippen LogP contribution < -0.4 is 19.1 Å². The Balaban J connectivity index is 1.65. The SMILES string of the molecule is COc1ccc(OC)c(N2C(=NC(=O)COc3ccccc3)S[C@@H]3CS(=O)(=O)C[C@H]32)c1. The van der Waals surface area contributed by atoms with Crippen LogP contribution in [0.5, 0.6) is 17.2 Å². The number of benzene rings is 2. The van der Waals surface area contributed by atoms with E-state index in [1.165, 1.54) is 18.9 Å². The molecule has 2 aromatic carbocycles. The molecule has 2 heterocycles. The zero-order valence-corrected chi connectivity index (χ0v) is 18.7. The number of carbonyl (C=O) groups excluding carboxylic acids is 1. The molecule has 164 valence electrons. The molecule has 8 nitrogen and oxygen atoms in total. The topological polar surface area (TPSA) is 94.5 Å². The van der Waals surface area contributed by atoms with Gasteiger partial charge in [-0.25, -0.2) is 8.42 Å². The summed E-state index contributed by atoms with van der Waals surface area (Å²) >= 11 is 1.29. The second-order valence-electron chi connectivity index (χ2n) is 7.10. The third-order valence-electron chi connectivity index (χ3n) is 5.04. The van der Waals surface area contributed by atoms with Crippen LogP contribution in [0.1, 0.15) is 0 Å². The lowest BCUT2D eigenvalue weighted by molar-refractivity contribution is -0.119. The minimum Gasteiger partial charge on any atom is -0.497 e. The maximum atomic E-state index is 12.5. The van der Waals surface area contributed by atoms with Crippen LogP contribution in [-0.4, -0.2) is 63.1 Å². The first-order chi connectivity index (χ1) is 14.9. The highest BCUT2D eigenvalue weighted by atomic mass is 32.2. The predicted octanol–water partition coefficient (Wildman–Crippen LogP) is 2.38. The van der Waals surface area contributed by atoms with E-state index in [4.69, 9.17) is 14.2 Å². The number of hydrogen-bond acceptors (Lipinski definition) is 7. The number of para-hydroxylation sites is 1. The Labute approximate surface area is 185 Å². The Hall–Kier alpha value is -2.72. The van der Waals surface area contributed by atoms with Crippen molar-refractivity contribution >= 4 is 38.4 Å². The van der Waals surface area contributed by atoms with Crippen molar-refractivity contribution in [1.29, 1.82) is 0 Å². The molecule has 0 bridgehead atoms. The molecule has 0 saturated carbocycles. The van der Waals surface area contributed by atoms with Crippen LogP contribution in [0, 0.1) is 0 Å². The van der Waals surface area contributed by atoms with Gasteiger partial charge < -0.3 is 19.1 Å². The number of anilines is 1. The van der Waals surface area contributed by atoms with Gasteiger partial charge in [-0.3, -0.25) is 4.79 Å². The summed E-state index contributed by atoms with van der Waals surface area (Å²) in [5, 5.41) is 0.209. The van der Waals surface area contributed by atoms with Gasteiger partial charge in [-0.2, -0.15) is 4.99 Å². The van der Waals surface area contributed by atoms with Crippen LogP contribution in [0.4, 0.5) is 5.69 Å². The Bertz CT molecular complexity index is 1100. The summed E-state index contributed by atoms with van der Waals surface area (Å²) in [5.74, 6) is 1.26. The second kappa shape index (κ2) is 8.80. The van der Waals surface area contributed by atoms with E-state index in [9.17, 15) is 13.2 Å². The number of nitrogens with zero attached hydrogens (tertiary/aromatic N) is 2. The number of fused-ring (bicyclic) bond motifs is 1. The van der Waals surface area contributed by atoms with Crippen LogP contribution in [0.2, 0.25) is 0 Å². The van der Waals surface area contributed by atoms with Gasteiger partial charge in [0.25, 0.3) is 5.91 Å². The van der Waals surface area contributed by atoms with Gasteiger partial charge in [-0.15, -0.1) is 0 Å². The molecule has 0 aliphatic carbocycles. The first-order valence-electron chi connectivity index (χ1n) is 9.58. The molecule has 2 saturated heterocycles. The summed E-state index contributed by atoms with van der Waals surface area (Å²) in [5.41, 5.74) is 0.606. The third-order valence-corrected chi connectivity index (χ3v) is 8.25. The molecule has 1 amide bonds. The summed E-state index contributed by atoms with van der Waals surface area (Å²) in [6.07, 6.45) is 0. The predicted molar refractivity (Wildman–Crippen MR) is 120 cm³/mol. The smallest absolute Gasteiger partial charge is 0.285 e. The van der Waals surface area contributed by atoms with Crippen LogP contribution in [0.15, 0.2) is 53.5 Å². The van der Waals surface area contributed by atoms with E-state index in [1.54, 1.807) is 42.3 Å². The van der Waals surface area contributed by atoms with Crippen molar-refractivity contribution in [1.82, 2.24) is 0 Å². The molecular weight excluding hydrogens is 440 g/mol. The van der Waals surface area contributed by atoms with Crippen LogP contribution in [0.25, 0.3) is 0 Å². The fourth-order valence-corrected chi connectivity index (χ4v) is 7.56. The van der Waals surface area contributed by atoms with E-state index >= 15 is 0 Å². The number of sulfone groups is 1. The number of rotatable bonds is 6. The molecule has 0 spiro atoms. The number of carbonyl (C=O) groups is 1. The molecule has 2 aromatic rings. The number of hydrogen-bond donors (Lipinski definition) is 0. The average Bonchev–Trinajstić information content (AvgIpc) is 3.23. The van der Waals surface area contributed by atoms with Crippen molar-refractivity contribution in [3.8, 4) is 17.2 Å². The third kappa shape index (κ3) is 4.64. The van der Waals surface area contributed by atoms with Crippen molar-refractivity contribution in [2.75, 3.05) is 37.2 Å². The monoisotopic (exact) mass is 462 g/mol. The van der Waals surface area contributed by atoms with E-state index in [-0.39, 0.29) is 29.4 Å². The molecule has 0 radical (unpaired) electrons. The fraction of sp³-hybridized carbons (Fsp3) is 0.333. The van der Waals surface area contributed by atoms with E-state index in [0.717, 1.165) is 0 Å². The number of ether oxygens (including phenoxy) is 3. The lowest BCUT2D eigenvalue weighted by Crippen LogP contribution is -2.38. The van der Waals surface area contributed by atoms with Crippen molar-refractivity contribution in [3.63, 3.8) is 0 Å². The van der Waals surface area contributed by atoms with E-state index in [0.29, 0.717) is 28.1 Å². The maximum Gasteiger partial charge on any atom is 0.285 e.